The van der Waals surface area contributed by atoms with Crippen molar-refractivity contribution in [1.82, 2.24) is 20.5 Å². The predicted molar refractivity (Wildman–Crippen MR) is 109 cm³/mol. The molecule has 1 amide bonds. The Morgan fingerprint density at radius 1 is 1.37 bits per heavy atom. The monoisotopic (exact) mass is 523 g/mol. The smallest absolute Gasteiger partial charge is 0.382 e. The molecule has 1 aromatic heterocycles. The molecule has 0 unspecified atom stereocenters. The standard InChI is InChI=1S/C15H24F3N5O2S.HI/c1-4-25-7-5-6-19-14(21-9-13(24)23(2)3)20-8-12-22-11(10-26-12)15(16,17)18;/h10H,4-9H2,1-3H3,(H2,19,20,21);1H. The number of rotatable bonds is 9. The summed E-state index contributed by atoms with van der Waals surface area (Å²) in [7, 11) is 3.24. The van der Waals surface area contributed by atoms with Crippen LogP contribution in [-0.4, -0.2) is 62.1 Å². The zero-order chi connectivity index (χ0) is 19.6. The average molecular weight is 523 g/mol. The van der Waals surface area contributed by atoms with Crippen LogP contribution in [0.3, 0.4) is 0 Å². The molecule has 1 aromatic rings. The molecule has 0 aromatic carbocycles. The number of halogens is 4. The highest BCUT2D eigenvalue weighted by Crippen LogP contribution is 2.29. The molecule has 1 rings (SSSR count). The van der Waals surface area contributed by atoms with Gasteiger partial charge < -0.3 is 20.3 Å². The maximum absolute atomic E-state index is 12.6. The van der Waals surface area contributed by atoms with Crippen molar-refractivity contribution in [2.24, 2.45) is 4.99 Å². The number of nitrogens with zero attached hydrogens (tertiary/aromatic N) is 3. The van der Waals surface area contributed by atoms with Crippen LogP contribution in [0.25, 0.3) is 0 Å². The Morgan fingerprint density at radius 3 is 2.63 bits per heavy atom. The van der Waals surface area contributed by atoms with E-state index in [0.717, 1.165) is 23.1 Å². The van der Waals surface area contributed by atoms with Crippen LogP contribution in [-0.2, 0) is 22.3 Å². The number of likely N-dealkylation sites (N-methyl/N-ethyl adjacent to an activating group) is 1. The zero-order valence-corrected chi connectivity index (χ0v) is 18.6. The maximum atomic E-state index is 12.6. The highest BCUT2D eigenvalue weighted by Gasteiger charge is 2.33. The van der Waals surface area contributed by atoms with Gasteiger partial charge in [-0.1, -0.05) is 0 Å². The van der Waals surface area contributed by atoms with Gasteiger partial charge in [0.15, 0.2) is 11.7 Å². The van der Waals surface area contributed by atoms with Crippen molar-refractivity contribution in [3.05, 3.63) is 16.1 Å². The second kappa shape index (κ2) is 13.1. The van der Waals surface area contributed by atoms with Crippen LogP contribution < -0.4 is 10.6 Å². The fourth-order valence-corrected chi connectivity index (χ4v) is 2.41. The number of thiazole rings is 1. The first-order valence-electron chi connectivity index (χ1n) is 8.05. The predicted octanol–water partition coefficient (Wildman–Crippen LogP) is 2.33. The maximum Gasteiger partial charge on any atom is 0.434 e. The van der Waals surface area contributed by atoms with Crippen molar-refractivity contribution in [3.63, 3.8) is 0 Å². The second-order valence-corrected chi connectivity index (χ2v) is 6.35. The number of carbonyl (C=O) groups excluding carboxylic acids is 1. The molecule has 27 heavy (non-hydrogen) atoms. The first-order valence-corrected chi connectivity index (χ1v) is 8.93. The zero-order valence-electron chi connectivity index (χ0n) is 15.4. The summed E-state index contributed by atoms with van der Waals surface area (Å²) in [5.41, 5.74) is -0.912. The summed E-state index contributed by atoms with van der Waals surface area (Å²) in [6.45, 7) is 3.66. The molecule has 0 aliphatic rings. The second-order valence-electron chi connectivity index (χ2n) is 5.41. The number of nitrogens with one attached hydrogen (secondary N) is 2. The van der Waals surface area contributed by atoms with Crippen molar-refractivity contribution in [2.75, 3.05) is 40.4 Å². The molecule has 2 N–H and O–H groups in total. The number of aliphatic imine (C=N–C) groups is 1. The largest absolute Gasteiger partial charge is 0.434 e. The van der Waals surface area contributed by atoms with E-state index in [1.807, 2.05) is 6.92 Å². The van der Waals surface area contributed by atoms with E-state index in [-0.39, 0.29) is 48.0 Å². The van der Waals surface area contributed by atoms with Gasteiger partial charge in [0.1, 0.15) is 11.6 Å². The number of amides is 1. The van der Waals surface area contributed by atoms with Gasteiger partial charge in [0.2, 0.25) is 5.91 Å². The van der Waals surface area contributed by atoms with Crippen molar-refractivity contribution in [1.29, 1.82) is 0 Å². The molecule has 0 fully saturated rings. The molecule has 12 heteroatoms. The number of hydrogen-bond donors (Lipinski definition) is 2. The molecule has 0 aliphatic carbocycles. The summed E-state index contributed by atoms with van der Waals surface area (Å²) >= 11 is 0.911. The lowest BCUT2D eigenvalue weighted by molar-refractivity contribution is -0.140. The van der Waals surface area contributed by atoms with E-state index in [2.05, 4.69) is 20.6 Å². The van der Waals surface area contributed by atoms with Gasteiger partial charge in [-0.25, -0.2) is 9.98 Å². The molecule has 1 heterocycles. The van der Waals surface area contributed by atoms with E-state index < -0.39 is 11.9 Å². The fraction of sp³-hybridized carbons (Fsp3) is 0.667. The lowest BCUT2D eigenvalue weighted by Gasteiger charge is -2.13. The highest BCUT2D eigenvalue weighted by molar-refractivity contribution is 14.0. The third-order valence-corrected chi connectivity index (χ3v) is 3.93. The van der Waals surface area contributed by atoms with E-state index in [4.69, 9.17) is 4.74 Å². The van der Waals surface area contributed by atoms with Crippen molar-refractivity contribution < 1.29 is 22.7 Å². The van der Waals surface area contributed by atoms with E-state index in [9.17, 15) is 18.0 Å². The molecule has 0 spiro atoms. The Kier molecular flexibility index (Phi) is 12.5. The first kappa shape index (κ1) is 25.8. The molecule has 0 atom stereocenters. The van der Waals surface area contributed by atoms with Gasteiger partial charge in [0, 0.05) is 39.2 Å². The van der Waals surface area contributed by atoms with Gasteiger partial charge in [0.05, 0.1) is 6.54 Å². The molecular formula is C15H25F3IN5O2S. The first-order chi connectivity index (χ1) is 12.2. The Labute approximate surface area is 177 Å². The number of carbonyl (C=O) groups is 1. The van der Waals surface area contributed by atoms with Crippen LogP contribution in [0, 0.1) is 0 Å². The molecule has 156 valence electrons. The van der Waals surface area contributed by atoms with Crippen LogP contribution in [0.15, 0.2) is 10.4 Å². The minimum Gasteiger partial charge on any atom is -0.382 e. The van der Waals surface area contributed by atoms with Gasteiger partial charge in [-0.3, -0.25) is 4.79 Å². The summed E-state index contributed by atoms with van der Waals surface area (Å²) in [4.78, 5) is 20.8. The van der Waals surface area contributed by atoms with Crippen LogP contribution in [0.4, 0.5) is 13.2 Å². The third-order valence-electron chi connectivity index (χ3n) is 3.08. The van der Waals surface area contributed by atoms with E-state index in [1.54, 1.807) is 14.1 Å². The number of hydrogen-bond acceptors (Lipinski definition) is 5. The van der Waals surface area contributed by atoms with Crippen LogP contribution in [0.1, 0.15) is 24.0 Å². The number of alkyl halides is 3. The number of guanidine groups is 1. The highest BCUT2D eigenvalue weighted by atomic mass is 127. The lowest BCUT2D eigenvalue weighted by atomic mass is 10.4. The normalized spacial score (nSPS) is 11.7. The quantitative estimate of drug-likeness (QED) is 0.225. The topological polar surface area (TPSA) is 78.8 Å². The minimum atomic E-state index is -4.46. The molecule has 0 radical (unpaired) electrons. The summed E-state index contributed by atoms with van der Waals surface area (Å²) in [5, 5.41) is 7.17. The fourth-order valence-electron chi connectivity index (χ4n) is 1.67. The number of ether oxygens (including phenoxy) is 1. The Balaban J connectivity index is 0.00000676. The number of aromatic nitrogens is 1. The Hall–Kier alpha value is -1.15. The summed E-state index contributed by atoms with van der Waals surface area (Å²) in [6, 6.07) is 0. The van der Waals surface area contributed by atoms with Crippen LogP contribution >= 0.6 is 35.3 Å². The molecular weight excluding hydrogens is 498 g/mol. The Bertz CT molecular complexity index is 596. The van der Waals surface area contributed by atoms with Crippen molar-refractivity contribution >= 4 is 47.2 Å². The van der Waals surface area contributed by atoms with Gasteiger partial charge >= 0.3 is 6.18 Å². The third kappa shape index (κ3) is 10.7. The van der Waals surface area contributed by atoms with Crippen molar-refractivity contribution in [3.8, 4) is 0 Å². The summed E-state index contributed by atoms with van der Waals surface area (Å²) < 4.78 is 43.0. The van der Waals surface area contributed by atoms with Gasteiger partial charge in [0.25, 0.3) is 0 Å². The van der Waals surface area contributed by atoms with Gasteiger partial charge in [-0.05, 0) is 13.3 Å². The SMILES string of the molecule is CCOCCCNC(=NCC(=O)N(C)C)NCc1nc(C(F)(F)F)cs1.I. The average Bonchev–Trinajstić information content (AvgIpc) is 3.05. The molecule has 7 nitrogen and oxygen atoms in total. The summed E-state index contributed by atoms with van der Waals surface area (Å²) in [6.07, 6.45) is -3.73. The lowest BCUT2D eigenvalue weighted by Crippen LogP contribution is -2.39. The molecule has 0 saturated heterocycles. The van der Waals surface area contributed by atoms with Crippen LogP contribution in [0.2, 0.25) is 0 Å². The van der Waals surface area contributed by atoms with Crippen LogP contribution in [0.5, 0.6) is 0 Å². The van der Waals surface area contributed by atoms with E-state index >= 15 is 0 Å². The Morgan fingerprint density at radius 2 is 2.07 bits per heavy atom. The van der Waals surface area contributed by atoms with Crippen molar-refractivity contribution in [2.45, 2.75) is 26.1 Å². The summed E-state index contributed by atoms with van der Waals surface area (Å²) in [5.74, 6) is 0.148. The molecule has 0 aliphatic heterocycles. The van der Waals surface area contributed by atoms with E-state index in [0.29, 0.717) is 25.7 Å². The van der Waals surface area contributed by atoms with Gasteiger partial charge in [-0.15, -0.1) is 35.3 Å². The molecule has 0 bridgehead atoms. The molecule has 0 saturated carbocycles. The minimum absolute atomic E-state index is 0. The van der Waals surface area contributed by atoms with E-state index in [1.165, 1.54) is 4.90 Å². The van der Waals surface area contributed by atoms with Gasteiger partial charge in [-0.2, -0.15) is 13.2 Å².